The maximum Gasteiger partial charge on any atom is 0.129 e. The molecular formula is C14H21FO. The van der Waals surface area contributed by atoms with Crippen LogP contribution in [0.4, 0.5) is 4.39 Å². The molecule has 0 saturated heterocycles. The van der Waals surface area contributed by atoms with Crippen LogP contribution < -0.4 is 0 Å². The van der Waals surface area contributed by atoms with Crippen LogP contribution in [0.2, 0.25) is 0 Å². The number of hydrogen-bond acceptors (Lipinski definition) is 1. The zero-order valence-electron chi connectivity index (χ0n) is 10.5. The maximum atomic E-state index is 13.8. The van der Waals surface area contributed by atoms with Gasteiger partial charge in [-0.05, 0) is 43.4 Å². The molecule has 1 aromatic rings. The van der Waals surface area contributed by atoms with Crippen LogP contribution in [0, 0.1) is 25.6 Å². The van der Waals surface area contributed by atoms with Crippen LogP contribution in [0.25, 0.3) is 0 Å². The van der Waals surface area contributed by atoms with Crippen LogP contribution in [0.5, 0.6) is 0 Å². The lowest BCUT2D eigenvalue weighted by molar-refractivity contribution is 0.108. The van der Waals surface area contributed by atoms with Crippen LogP contribution in [-0.4, -0.2) is 5.11 Å². The number of aliphatic hydroxyl groups excluding tert-OH is 1. The maximum absolute atomic E-state index is 13.8. The molecule has 1 aromatic carbocycles. The van der Waals surface area contributed by atoms with Crippen LogP contribution in [0.1, 0.15) is 49.5 Å². The minimum Gasteiger partial charge on any atom is -0.388 e. The lowest BCUT2D eigenvalue weighted by Crippen LogP contribution is -2.12. The zero-order valence-corrected chi connectivity index (χ0v) is 10.5. The number of benzene rings is 1. The molecular weight excluding hydrogens is 203 g/mol. The van der Waals surface area contributed by atoms with Crippen molar-refractivity contribution in [3.63, 3.8) is 0 Å². The fraction of sp³-hybridized carbons (Fsp3) is 0.571. The Bertz CT molecular complexity index is 337. The second kappa shape index (κ2) is 5.44. The second-order valence-corrected chi connectivity index (χ2v) is 4.69. The third-order valence-corrected chi connectivity index (χ3v) is 3.06. The van der Waals surface area contributed by atoms with E-state index in [1.54, 1.807) is 0 Å². The number of aryl methyl sites for hydroxylation is 2. The zero-order chi connectivity index (χ0) is 12.3. The summed E-state index contributed by atoms with van der Waals surface area (Å²) in [5.74, 6) is -0.186. The third-order valence-electron chi connectivity index (χ3n) is 3.06. The highest BCUT2D eigenvalue weighted by Crippen LogP contribution is 2.30. The number of hydrogen-bond donors (Lipinski definition) is 1. The van der Waals surface area contributed by atoms with Crippen LogP contribution in [-0.2, 0) is 0 Å². The van der Waals surface area contributed by atoms with E-state index in [-0.39, 0.29) is 11.7 Å². The molecule has 0 aliphatic rings. The van der Waals surface area contributed by atoms with Gasteiger partial charge < -0.3 is 5.11 Å². The van der Waals surface area contributed by atoms with Gasteiger partial charge in [0.25, 0.3) is 0 Å². The van der Waals surface area contributed by atoms with Crippen molar-refractivity contribution in [2.75, 3.05) is 0 Å². The van der Waals surface area contributed by atoms with Gasteiger partial charge >= 0.3 is 0 Å². The fourth-order valence-electron chi connectivity index (χ4n) is 2.20. The highest BCUT2D eigenvalue weighted by molar-refractivity contribution is 5.33. The molecule has 1 rings (SSSR count). The molecule has 0 spiro atoms. The van der Waals surface area contributed by atoms with Gasteiger partial charge in [-0.25, -0.2) is 4.39 Å². The molecule has 2 unspecified atom stereocenters. The van der Waals surface area contributed by atoms with Crippen molar-refractivity contribution >= 4 is 0 Å². The highest BCUT2D eigenvalue weighted by atomic mass is 19.1. The van der Waals surface area contributed by atoms with Gasteiger partial charge in [0, 0.05) is 5.56 Å². The predicted octanol–water partition coefficient (Wildman–Crippen LogP) is 3.91. The van der Waals surface area contributed by atoms with Gasteiger partial charge in [0.05, 0.1) is 6.10 Å². The molecule has 1 nitrogen and oxygen atoms in total. The molecule has 0 amide bonds. The first-order valence-electron chi connectivity index (χ1n) is 5.92. The summed E-state index contributed by atoms with van der Waals surface area (Å²) in [7, 11) is 0. The first kappa shape index (κ1) is 13.2. The molecule has 2 atom stereocenters. The molecule has 0 aromatic heterocycles. The van der Waals surface area contributed by atoms with Gasteiger partial charge in [0.15, 0.2) is 0 Å². The summed E-state index contributed by atoms with van der Waals surface area (Å²) < 4.78 is 13.8. The first-order chi connectivity index (χ1) is 7.47. The lowest BCUT2D eigenvalue weighted by Gasteiger charge is -2.21. The van der Waals surface area contributed by atoms with E-state index >= 15 is 0 Å². The quantitative estimate of drug-likeness (QED) is 0.822. The summed E-state index contributed by atoms with van der Waals surface area (Å²) in [5.41, 5.74) is 2.20. The van der Waals surface area contributed by atoms with Crippen molar-refractivity contribution < 1.29 is 9.50 Å². The summed E-state index contributed by atoms with van der Waals surface area (Å²) in [6.45, 7) is 7.75. The minimum atomic E-state index is -0.694. The molecule has 16 heavy (non-hydrogen) atoms. The molecule has 0 bridgehead atoms. The average molecular weight is 224 g/mol. The molecule has 0 saturated carbocycles. The summed E-state index contributed by atoms with van der Waals surface area (Å²) >= 11 is 0. The van der Waals surface area contributed by atoms with E-state index in [9.17, 15) is 9.50 Å². The molecule has 0 radical (unpaired) electrons. The Morgan fingerprint density at radius 3 is 2.44 bits per heavy atom. The fourth-order valence-corrected chi connectivity index (χ4v) is 2.20. The van der Waals surface area contributed by atoms with Crippen LogP contribution >= 0.6 is 0 Å². The Morgan fingerprint density at radius 2 is 1.94 bits per heavy atom. The topological polar surface area (TPSA) is 20.2 Å². The van der Waals surface area contributed by atoms with Gasteiger partial charge in [-0.3, -0.25) is 0 Å². The van der Waals surface area contributed by atoms with E-state index in [0.717, 1.165) is 24.0 Å². The second-order valence-electron chi connectivity index (χ2n) is 4.69. The molecule has 0 heterocycles. The van der Waals surface area contributed by atoms with Crippen molar-refractivity contribution in [3.8, 4) is 0 Å². The monoisotopic (exact) mass is 224 g/mol. The third kappa shape index (κ3) is 2.82. The first-order valence-corrected chi connectivity index (χ1v) is 5.92. The van der Waals surface area contributed by atoms with Gasteiger partial charge in [-0.2, -0.15) is 0 Å². The summed E-state index contributed by atoms with van der Waals surface area (Å²) in [5, 5.41) is 10.1. The smallest absolute Gasteiger partial charge is 0.129 e. The lowest BCUT2D eigenvalue weighted by atomic mass is 9.90. The van der Waals surface area contributed by atoms with Crippen LogP contribution in [0.15, 0.2) is 12.1 Å². The summed E-state index contributed by atoms with van der Waals surface area (Å²) in [4.78, 5) is 0. The minimum absolute atomic E-state index is 0.0981. The Labute approximate surface area is 97.3 Å². The molecule has 2 heteroatoms. The largest absolute Gasteiger partial charge is 0.388 e. The Morgan fingerprint density at radius 1 is 1.31 bits per heavy atom. The van der Waals surface area contributed by atoms with Crippen molar-refractivity contribution in [3.05, 3.63) is 34.6 Å². The predicted molar refractivity (Wildman–Crippen MR) is 64.9 cm³/mol. The van der Waals surface area contributed by atoms with Crippen LogP contribution in [0.3, 0.4) is 0 Å². The molecule has 90 valence electrons. The Hall–Kier alpha value is -0.890. The van der Waals surface area contributed by atoms with Gasteiger partial charge in [-0.15, -0.1) is 0 Å². The Balaban J connectivity index is 3.03. The van der Waals surface area contributed by atoms with Crippen molar-refractivity contribution in [2.45, 2.75) is 46.6 Å². The highest BCUT2D eigenvalue weighted by Gasteiger charge is 2.21. The molecule has 0 fully saturated rings. The number of halogens is 1. The van der Waals surface area contributed by atoms with Gasteiger partial charge in [-0.1, -0.05) is 26.3 Å². The number of aliphatic hydroxyl groups is 1. The average Bonchev–Trinajstić information content (AvgIpc) is 2.16. The SMILES string of the molecule is CCCC(C)C(O)c1c(C)cc(C)cc1F. The standard InChI is InChI=1S/C14H21FO/c1-5-6-10(3)14(16)13-11(4)7-9(2)8-12(13)15/h7-8,10,14,16H,5-6H2,1-4H3. The van der Waals surface area contributed by atoms with E-state index in [0.29, 0.717) is 5.56 Å². The van der Waals surface area contributed by atoms with E-state index < -0.39 is 6.10 Å². The van der Waals surface area contributed by atoms with E-state index in [1.807, 2.05) is 26.8 Å². The Kier molecular flexibility index (Phi) is 4.48. The van der Waals surface area contributed by atoms with Gasteiger partial charge in [0.1, 0.15) is 5.82 Å². The van der Waals surface area contributed by atoms with E-state index in [1.165, 1.54) is 6.07 Å². The summed E-state index contributed by atoms with van der Waals surface area (Å²) in [6.07, 6.45) is 1.22. The molecule has 0 aliphatic carbocycles. The normalized spacial score (nSPS) is 14.9. The van der Waals surface area contributed by atoms with Crippen molar-refractivity contribution in [1.82, 2.24) is 0 Å². The summed E-state index contributed by atoms with van der Waals surface area (Å²) in [6, 6.07) is 3.41. The molecule has 0 aliphatic heterocycles. The molecule has 1 N–H and O–H groups in total. The van der Waals surface area contributed by atoms with Gasteiger partial charge in [0.2, 0.25) is 0 Å². The van der Waals surface area contributed by atoms with Crippen molar-refractivity contribution in [1.29, 1.82) is 0 Å². The van der Waals surface area contributed by atoms with E-state index in [2.05, 4.69) is 6.92 Å². The van der Waals surface area contributed by atoms with E-state index in [4.69, 9.17) is 0 Å². The van der Waals surface area contributed by atoms with Crippen molar-refractivity contribution in [2.24, 2.45) is 5.92 Å². The number of rotatable bonds is 4.